The minimum Gasteiger partial charge on any atom is -0.206 e. The predicted octanol–water partition coefficient (Wildman–Crippen LogP) is 6.55. The zero-order chi connectivity index (χ0) is 19.2. The number of benzene rings is 3. The third kappa shape index (κ3) is 4.63. The maximum atomic E-state index is 14.1. The van der Waals surface area contributed by atoms with Gasteiger partial charge < -0.3 is 0 Å². The summed E-state index contributed by atoms with van der Waals surface area (Å²) < 4.78 is 28.3. The van der Waals surface area contributed by atoms with Gasteiger partial charge in [-0.25, -0.2) is 8.78 Å². The minimum absolute atomic E-state index is 0.172. The average Bonchev–Trinajstić information content (AvgIpc) is 2.68. The topological polar surface area (TPSA) is 0 Å². The standard InChI is InChI=1S/C25H22F2/c1-3-5-20-16-24(26)23(25(27)17-20)15-10-19-8-13-22(14-9-19)21-11-6-18(4-2)7-12-21/h6-9,11-14,16-17H,3-5H2,1-2H3. The number of rotatable bonds is 4. The van der Waals surface area contributed by atoms with Crippen LogP contribution in [0.25, 0.3) is 11.1 Å². The molecule has 0 radical (unpaired) electrons. The normalized spacial score (nSPS) is 10.4. The highest BCUT2D eigenvalue weighted by Gasteiger charge is 2.08. The Morgan fingerprint density at radius 2 is 1.26 bits per heavy atom. The summed E-state index contributed by atoms with van der Waals surface area (Å²) in [6.07, 6.45) is 2.51. The fourth-order valence-electron chi connectivity index (χ4n) is 2.99. The van der Waals surface area contributed by atoms with Gasteiger partial charge in [0.1, 0.15) is 11.6 Å². The van der Waals surface area contributed by atoms with Crippen molar-refractivity contribution in [3.8, 4) is 23.0 Å². The van der Waals surface area contributed by atoms with E-state index in [4.69, 9.17) is 0 Å². The second-order valence-corrected chi connectivity index (χ2v) is 6.56. The van der Waals surface area contributed by atoms with E-state index in [0.29, 0.717) is 12.0 Å². The van der Waals surface area contributed by atoms with E-state index in [1.165, 1.54) is 17.7 Å². The lowest BCUT2D eigenvalue weighted by molar-refractivity contribution is 0.573. The number of halogens is 2. The van der Waals surface area contributed by atoms with Crippen molar-refractivity contribution < 1.29 is 8.78 Å². The average molecular weight is 360 g/mol. The van der Waals surface area contributed by atoms with Crippen molar-refractivity contribution in [2.45, 2.75) is 33.1 Å². The monoisotopic (exact) mass is 360 g/mol. The molecular formula is C25H22F2. The summed E-state index contributed by atoms with van der Waals surface area (Å²) in [6.45, 7) is 4.11. The predicted molar refractivity (Wildman–Crippen MR) is 108 cm³/mol. The molecule has 3 rings (SSSR count). The Balaban J connectivity index is 1.81. The molecule has 136 valence electrons. The van der Waals surface area contributed by atoms with Gasteiger partial charge in [-0.05, 0) is 59.4 Å². The van der Waals surface area contributed by atoms with Crippen LogP contribution in [0.3, 0.4) is 0 Å². The molecule has 0 unspecified atom stereocenters. The van der Waals surface area contributed by atoms with Crippen molar-refractivity contribution in [2.24, 2.45) is 0 Å². The van der Waals surface area contributed by atoms with Gasteiger partial charge in [0.05, 0.1) is 5.56 Å². The van der Waals surface area contributed by atoms with E-state index in [9.17, 15) is 8.78 Å². The fraction of sp³-hybridized carbons (Fsp3) is 0.200. The van der Waals surface area contributed by atoms with Crippen LogP contribution < -0.4 is 0 Å². The van der Waals surface area contributed by atoms with Crippen molar-refractivity contribution in [1.82, 2.24) is 0 Å². The number of hydrogen-bond donors (Lipinski definition) is 0. The maximum Gasteiger partial charge on any atom is 0.142 e. The molecule has 0 heterocycles. The van der Waals surface area contributed by atoms with Gasteiger partial charge in [0.15, 0.2) is 0 Å². The van der Waals surface area contributed by atoms with Crippen LogP contribution in [0.5, 0.6) is 0 Å². The molecule has 0 atom stereocenters. The van der Waals surface area contributed by atoms with Crippen LogP contribution in [-0.4, -0.2) is 0 Å². The molecule has 0 bridgehead atoms. The first-order valence-corrected chi connectivity index (χ1v) is 9.30. The summed E-state index contributed by atoms with van der Waals surface area (Å²) in [5.41, 5.74) is 4.74. The molecule has 0 saturated carbocycles. The summed E-state index contributed by atoms with van der Waals surface area (Å²) >= 11 is 0. The van der Waals surface area contributed by atoms with Crippen LogP contribution in [0.2, 0.25) is 0 Å². The van der Waals surface area contributed by atoms with Crippen molar-refractivity contribution in [1.29, 1.82) is 0 Å². The van der Waals surface area contributed by atoms with E-state index < -0.39 is 11.6 Å². The van der Waals surface area contributed by atoms with E-state index in [-0.39, 0.29) is 5.56 Å². The molecule has 0 spiro atoms. The van der Waals surface area contributed by atoms with Gasteiger partial charge in [-0.3, -0.25) is 0 Å². The van der Waals surface area contributed by atoms with Gasteiger partial charge in [0, 0.05) is 5.56 Å². The Hall–Kier alpha value is -2.92. The van der Waals surface area contributed by atoms with Crippen LogP contribution in [0.1, 0.15) is 42.5 Å². The molecule has 3 aromatic carbocycles. The Bertz CT molecular complexity index is 949. The van der Waals surface area contributed by atoms with Gasteiger partial charge >= 0.3 is 0 Å². The lowest BCUT2D eigenvalue weighted by Gasteiger charge is -2.04. The van der Waals surface area contributed by atoms with Crippen LogP contribution in [-0.2, 0) is 12.8 Å². The molecule has 0 amide bonds. The number of hydrogen-bond acceptors (Lipinski definition) is 0. The molecule has 3 aromatic rings. The van der Waals surface area contributed by atoms with Crippen molar-refractivity contribution in [2.75, 3.05) is 0 Å². The van der Waals surface area contributed by atoms with Crippen LogP contribution >= 0.6 is 0 Å². The van der Waals surface area contributed by atoms with Crippen LogP contribution in [0, 0.1) is 23.5 Å². The highest BCUT2D eigenvalue weighted by molar-refractivity contribution is 5.64. The summed E-state index contributed by atoms with van der Waals surface area (Å²) in [6, 6.07) is 18.9. The molecule has 27 heavy (non-hydrogen) atoms. The first-order chi connectivity index (χ1) is 13.1. The van der Waals surface area contributed by atoms with Gasteiger partial charge in [-0.2, -0.15) is 0 Å². The molecule has 0 aliphatic heterocycles. The Kier molecular flexibility index (Phi) is 6.04. The third-order valence-corrected chi connectivity index (χ3v) is 4.55. The van der Waals surface area contributed by atoms with Gasteiger partial charge in [-0.15, -0.1) is 0 Å². The Labute approximate surface area is 159 Å². The highest BCUT2D eigenvalue weighted by atomic mass is 19.1. The molecule has 0 saturated heterocycles. The van der Waals surface area contributed by atoms with Crippen LogP contribution in [0.15, 0.2) is 60.7 Å². The van der Waals surface area contributed by atoms with Gasteiger partial charge in [0.2, 0.25) is 0 Å². The van der Waals surface area contributed by atoms with E-state index in [1.54, 1.807) is 0 Å². The molecule has 0 aromatic heterocycles. The summed E-state index contributed by atoms with van der Waals surface area (Å²) in [5.74, 6) is 4.31. The second kappa shape index (κ2) is 8.64. The summed E-state index contributed by atoms with van der Waals surface area (Å²) in [5, 5.41) is 0. The van der Waals surface area contributed by atoms with E-state index >= 15 is 0 Å². The lowest BCUT2D eigenvalue weighted by atomic mass is 10.0. The van der Waals surface area contributed by atoms with E-state index in [1.807, 2.05) is 31.2 Å². The lowest BCUT2D eigenvalue weighted by Crippen LogP contribution is -1.94. The zero-order valence-corrected chi connectivity index (χ0v) is 15.7. The zero-order valence-electron chi connectivity index (χ0n) is 15.7. The van der Waals surface area contributed by atoms with E-state index in [2.05, 4.69) is 43.0 Å². The van der Waals surface area contributed by atoms with E-state index in [0.717, 1.165) is 29.5 Å². The first-order valence-electron chi connectivity index (χ1n) is 9.30. The molecule has 0 N–H and O–H groups in total. The van der Waals surface area contributed by atoms with Crippen LogP contribution in [0.4, 0.5) is 8.78 Å². The van der Waals surface area contributed by atoms with Gasteiger partial charge in [-0.1, -0.05) is 68.5 Å². The summed E-state index contributed by atoms with van der Waals surface area (Å²) in [4.78, 5) is 0. The first kappa shape index (κ1) is 18.9. The highest BCUT2D eigenvalue weighted by Crippen LogP contribution is 2.21. The smallest absolute Gasteiger partial charge is 0.142 e. The Morgan fingerprint density at radius 3 is 1.78 bits per heavy atom. The molecule has 0 aliphatic carbocycles. The number of aryl methyl sites for hydroxylation is 2. The molecule has 0 aliphatic rings. The minimum atomic E-state index is -0.599. The SMILES string of the molecule is CCCc1cc(F)c(C#Cc2ccc(-c3ccc(CC)cc3)cc2)c(F)c1. The van der Waals surface area contributed by atoms with Crippen molar-refractivity contribution in [3.05, 3.63) is 94.6 Å². The fourth-order valence-corrected chi connectivity index (χ4v) is 2.99. The van der Waals surface area contributed by atoms with Gasteiger partial charge in [0.25, 0.3) is 0 Å². The molecule has 2 heteroatoms. The third-order valence-electron chi connectivity index (χ3n) is 4.55. The maximum absolute atomic E-state index is 14.1. The quantitative estimate of drug-likeness (QED) is 0.463. The second-order valence-electron chi connectivity index (χ2n) is 6.56. The molecule has 0 fully saturated rings. The van der Waals surface area contributed by atoms with Crippen molar-refractivity contribution in [3.63, 3.8) is 0 Å². The molecular weight excluding hydrogens is 338 g/mol. The van der Waals surface area contributed by atoms with Crippen molar-refractivity contribution >= 4 is 0 Å². The Morgan fingerprint density at radius 1 is 0.704 bits per heavy atom. The summed E-state index contributed by atoms with van der Waals surface area (Å²) in [7, 11) is 0. The largest absolute Gasteiger partial charge is 0.206 e. The molecule has 0 nitrogen and oxygen atoms in total.